The quantitative estimate of drug-likeness (QED) is 0.304. The molecule has 1 aromatic heterocycles. The van der Waals surface area contributed by atoms with E-state index in [9.17, 15) is 5.26 Å². The van der Waals surface area contributed by atoms with E-state index in [1.165, 1.54) is 0 Å². The smallest absolute Gasteiger partial charge is 0.192 e. The Morgan fingerprint density at radius 1 is 1.35 bits per heavy atom. The molecule has 0 aliphatic carbocycles. The van der Waals surface area contributed by atoms with Crippen molar-refractivity contribution in [1.82, 2.24) is 20.4 Å². The standard InChI is InChI=1S/C19H23N7/c1-3-12-23-19(22-4-2)24-13-8-11-17-16(14-20)18(21)26(25-17)15-9-6-5-7-10-15/h1,5-7,9-10H,4,8,11-13,21H2,2H3,(H2,22,23,24). The maximum absolute atomic E-state index is 9.42. The van der Waals surface area contributed by atoms with Gasteiger partial charge in [-0.3, -0.25) is 4.99 Å². The first-order chi connectivity index (χ1) is 12.7. The fourth-order valence-electron chi connectivity index (χ4n) is 2.45. The van der Waals surface area contributed by atoms with Gasteiger partial charge in [0.15, 0.2) is 5.96 Å². The van der Waals surface area contributed by atoms with Gasteiger partial charge in [-0.1, -0.05) is 24.1 Å². The van der Waals surface area contributed by atoms with Gasteiger partial charge in [0, 0.05) is 13.1 Å². The summed E-state index contributed by atoms with van der Waals surface area (Å²) < 4.78 is 1.61. The Labute approximate surface area is 153 Å². The largest absolute Gasteiger partial charge is 0.382 e. The molecule has 0 amide bonds. The average Bonchev–Trinajstić information content (AvgIpc) is 2.99. The van der Waals surface area contributed by atoms with E-state index < -0.39 is 0 Å². The van der Waals surface area contributed by atoms with Crippen LogP contribution in [-0.4, -0.2) is 35.4 Å². The monoisotopic (exact) mass is 349 g/mol. The van der Waals surface area contributed by atoms with Crippen molar-refractivity contribution < 1.29 is 0 Å². The van der Waals surface area contributed by atoms with E-state index in [1.807, 2.05) is 37.3 Å². The zero-order chi connectivity index (χ0) is 18.8. The summed E-state index contributed by atoms with van der Waals surface area (Å²) in [6.07, 6.45) is 6.61. The summed E-state index contributed by atoms with van der Waals surface area (Å²) in [5.41, 5.74) is 8.05. The summed E-state index contributed by atoms with van der Waals surface area (Å²) >= 11 is 0. The molecule has 0 radical (unpaired) electrons. The number of anilines is 1. The molecule has 0 unspecified atom stereocenters. The second-order valence-electron chi connectivity index (χ2n) is 5.49. The third-order valence-electron chi connectivity index (χ3n) is 3.65. The van der Waals surface area contributed by atoms with Crippen LogP contribution in [0.2, 0.25) is 0 Å². The lowest BCUT2D eigenvalue weighted by Gasteiger charge is -2.08. The normalized spacial score (nSPS) is 10.8. The molecule has 0 spiro atoms. The molecule has 1 heterocycles. The average molecular weight is 349 g/mol. The molecule has 2 rings (SSSR count). The van der Waals surface area contributed by atoms with Crippen molar-refractivity contribution in [1.29, 1.82) is 5.26 Å². The van der Waals surface area contributed by atoms with E-state index in [-0.39, 0.29) is 0 Å². The highest BCUT2D eigenvalue weighted by Crippen LogP contribution is 2.21. The van der Waals surface area contributed by atoms with Gasteiger partial charge in [0.05, 0.1) is 17.9 Å². The third-order valence-corrected chi connectivity index (χ3v) is 3.65. The van der Waals surface area contributed by atoms with Crippen molar-refractivity contribution in [3.05, 3.63) is 41.6 Å². The molecular formula is C19H23N7. The Hall–Kier alpha value is -3.45. The Morgan fingerprint density at radius 3 is 2.77 bits per heavy atom. The molecule has 0 saturated heterocycles. The van der Waals surface area contributed by atoms with E-state index >= 15 is 0 Å². The predicted molar refractivity (Wildman–Crippen MR) is 104 cm³/mol. The van der Waals surface area contributed by atoms with Gasteiger partial charge in [-0.25, -0.2) is 4.68 Å². The number of nitrogens with one attached hydrogen (secondary N) is 2. The molecule has 7 heteroatoms. The van der Waals surface area contributed by atoms with Gasteiger partial charge >= 0.3 is 0 Å². The summed E-state index contributed by atoms with van der Waals surface area (Å²) in [6, 6.07) is 11.7. The Bertz CT molecular complexity index is 822. The third kappa shape index (κ3) is 4.78. The summed E-state index contributed by atoms with van der Waals surface area (Å²) in [4.78, 5) is 4.46. The predicted octanol–water partition coefficient (Wildman–Crippen LogP) is 1.45. The maximum Gasteiger partial charge on any atom is 0.192 e. The molecule has 4 N–H and O–H groups in total. The van der Waals surface area contributed by atoms with E-state index in [1.54, 1.807) is 4.68 Å². The summed E-state index contributed by atoms with van der Waals surface area (Å²) in [7, 11) is 0. The molecule has 0 saturated carbocycles. The minimum atomic E-state index is 0.362. The van der Waals surface area contributed by atoms with Gasteiger partial charge in [0.1, 0.15) is 17.5 Å². The van der Waals surface area contributed by atoms with Crippen LogP contribution in [0.25, 0.3) is 5.69 Å². The number of guanidine groups is 1. The number of benzene rings is 1. The van der Waals surface area contributed by atoms with Crippen molar-refractivity contribution in [3.8, 4) is 24.1 Å². The summed E-state index contributed by atoms with van der Waals surface area (Å²) in [5, 5.41) is 20.1. The van der Waals surface area contributed by atoms with Crippen LogP contribution >= 0.6 is 0 Å². The topological polar surface area (TPSA) is 104 Å². The molecule has 0 aliphatic rings. The molecular weight excluding hydrogens is 326 g/mol. The molecule has 0 aliphatic heterocycles. The Kier molecular flexibility index (Phi) is 7.08. The van der Waals surface area contributed by atoms with Gasteiger partial charge in [-0.15, -0.1) is 6.42 Å². The number of nitrogens with two attached hydrogens (primary N) is 1. The van der Waals surface area contributed by atoms with Gasteiger partial charge in [-0.05, 0) is 31.9 Å². The van der Waals surface area contributed by atoms with Crippen LogP contribution in [0.1, 0.15) is 24.6 Å². The molecule has 134 valence electrons. The molecule has 7 nitrogen and oxygen atoms in total. The Balaban J connectivity index is 2.06. The van der Waals surface area contributed by atoms with Crippen molar-refractivity contribution in [2.24, 2.45) is 4.99 Å². The highest BCUT2D eigenvalue weighted by atomic mass is 15.3. The van der Waals surface area contributed by atoms with Crippen molar-refractivity contribution in [2.75, 3.05) is 25.4 Å². The number of nitrogen functional groups attached to an aromatic ring is 1. The molecule has 1 aromatic carbocycles. The van der Waals surface area contributed by atoms with Crippen LogP contribution in [0.5, 0.6) is 0 Å². The second-order valence-corrected chi connectivity index (χ2v) is 5.49. The van der Waals surface area contributed by atoms with Crippen molar-refractivity contribution >= 4 is 11.8 Å². The van der Waals surface area contributed by atoms with E-state index in [4.69, 9.17) is 12.2 Å². The molecule has 2 aromatic rings. The zero-order valence-corrected chi connectivity index (χ0v) is 14.9. The van der Waals surface area contributed by atoms with E-state index in [2.05, 4.69) is 32.7 Å². The number of nitrogens with zero attached hydrogens (tertiary/aromatic N) is 4. The first kappa shape index (κ1) is 18.9. The molecule has 26 heavy (non-hydrogen) atoms. The molecule has 0 fully saturated rings. The number of hydrogen-bond donors (Lipinski definition) is 3. The minimum absolute atomic E-state index is 0.362. The summed E-state index contributed by atoms with van der Waals surface area (Å²) in [6.45, 7) is 3.75. The van der Waals surface area contributed by atoms with Crippen LogP contribution in [0.4, 0.5) is 5.82 Å². The van der Waals surface area contributed by atoms with Crippen LogP contribution in [0.3, 0.4) is 0 Å². The van der Waals surface area contributed by atoms with Crippen LogP contribution in [0, 0.1) is 23.7 Å². The van der Waals surface area contributed by atoms with E-state index in [0.29, 0.717) is 42.5 Å². The number of aromatic nitrogens is 2. The number of aliphatic imine (C=N–C) groups is 1. The number of hydrogen-bond acceptors (Lipinski definition) is 4. The van der Waals surface area contributed by atoms with Crippen molar-refractivity contribution in [3.63, 3.8) is 0 Å². The first-order valence-electron chi connectivity index (χ1n) is 8.49. The van der Waals surface area contributed by atoms with Gasteiger partial charge in [0.25, 0.3) is 0 Å². The number of rotatable bonds is 7. The number of nitriles is 1. The number of aryl methyl sites for hydroxylation is 1. The molecule has 0 atom stereocenters. The lowest BCUT2D eigenvalue weighted by molar-refractivity contribution is 0.766. The zero-order valence-electron chi connectivity index (χ0n) is 14.9. The molecule has 0 bridgehead atoms. The maximum atomic E-state index is 9.42. The highest BCUT2D eigenvalue weighted by molar-refractivity contribution is 5.79. The fourth-order valence-corrected chi connectivity index (χ4v) is 2.45. The first-order valence-corrected chi connectivity index (χ1v) is 8.49. The summed E-state index contributed by atoms with van der Waals surface area (Å²) in [5.74, 6) is 3.56. The number of para-hydroxylation sites is 1. The minimum Gasteiger partial charge on any atom is -0.382 e. The number of terminal acetylenes is 1. The van der Waals surface area contributed by atoms with Crippen LogP contribution in [0.15, 0.2) is 35.3 Å². The van der Waals surface area contributed by atoms with Crippen LogP contribution < -0.4 is 16.4 Å². The van der Waals surface area contributed by atoms with Gasteiger partial charge < -0.3 is 16.4 Å². The SMILES string of the molecule is C#CCNC(=NCCCc1nn(-c2ccccc2)c(N)c1C#N)NCC. The fraction of sp³-hybridized carbons (Fsp3) is 0.316. The van der Waals surface area contributed by atoms with E-state index in [0.717, 1.165) is 18.7 Å². The van der Waals surface area contributed by atoms with Gasteiger partial charge in [-0.2, -0.15) is 10.4 Å². The second kappa shape index (κ2) is 9.75. The van der Waals surface area contributed by atoms with Crippen LogP contribution in [-0.2, 0) is 6.42 Å². The lowest BCUT2D eigenvalue weighted by Crippen LogP contribution is -2.37. The lowest BCUT2D eigenvalue weighted by atomic mass is 10.1. The highest BCUT2D eigenvalue weighted by Gasteiger charge is 2.15. The van der Waals surface area contributed by atoms with Gasteiger partial charge in [0.2, 0.25) is 0 Å². The van der Waals surface area contributed by atoms with Crippen molar-refractivity contribution in [2.45, 2.75) is 19.8 Å². The Morgan fingerprint density at radius 2 is 2.12 bits per heavy atom.